The maximum absolute atomic E-state index is 5.91. The van der Waals surface area contributed by atoms with Crippen LogP contribution in [0.3, 0.4) is 0 Å². The number of allylic oxidation sites excluding steroid dienone is 1. The largest absolute Gasteiger partial charge is 0.439 e. The third-order valence-electron chi connectivity index (χ3n) is 3.02. The van der Waals surface area contributed by atoms with Crippen molar-refractivity contribution >= 4 is 5.76 Å². The third kappa shape index (κ3) is 2.04. The van der Waals surface area contributed by atoms with Crippen molar-refractivity contribution in [3.05, 3.63) is 53.7 Å². The lowest BCUT2D eigenvalue weighted by molar-refractivity contribution is 0.423. The van der Waals surface area contributed by atoms with Gasteiger partial charge in [0.05, 0.1) is 12.2 Å². The predicted octanol–water partition coefficient (Wildman–Crippen LogP) is 3.27. The molecule has 0 N–H and O–H groups in total. The Morgan fingerprint density at radius 3 is 2.89 bits per heavy atom. The van der Waals surface area contributed by atoms with Crippen LogP contribution in [0.4, 0.5) is 0 Å². The first kappa shape index (κ1) is 11.1. The van der Waals surface area contributed by atoms with Gasteiger partial charge in [-0.15, -0.1) is 0 Å². The molecule has 0 spiro atoms. The van der Waals surface area contributed by atoms with Gasteiger partial charge in [-0.05, 0) is 12.5 Å². The van der Waals surface area contributed by atoms with E-state index in [4.69, 9.17) is 4.74 Å². The molecule has 0 bridgehead atoms. The first-order chi connectivity index (χ1) is 8.86. The van der Waals surface area contributed by atoms with Crippen molar-refractivity contribution in [3.63, 3.8) is 0 Å². The highest BCUT2D eigenvalue weighted by atomic mass is 16.5. The van der Waals surface area contributed by atoms with Crippen molar-refractivity contribution in [2.24, 2.45) is 0 Å². The van der Waals surface area contributed by atoms with Crippen LogP contribution < -0.4 is 4.74 Å². The number of aromatic nitrogens is 2. The first-order valence-electron chi connectivity index (χ1n) is 6.37. The number of fused-ring (bicyclic) bond motifs is 1. The minimum atomic E-state index is 0.781. The quantitative estimate of drug-likeness (QED) is 0.823. The summed E-state index contributed by atoms with van der Waals surface area (Å²) in [5.41, 5.74) is 2.22. The van der Waals surface area contributed by atoms with Gasteiger partial charge in [-0.2, -0.15) is 5.10 Å². The summed E-state index contributed by atoms with van der Waals surface area (Å²) in [6.45, 7) is 2.94. The average molecular weight is 240 g/mol. The Kier molecular flexibility index (Phi) is 2.89. The molecule has 2 heterocycles. The minimum Gasteiger partial charge on any atom is -0.439 e. The van der Waals surface area contributed by atoms with Gasteiger partial charge >= 0.3 is 0 Å². The van der Waals surface area contributed by atoms with Gasteiger partial charge in [-0.3, -0.25) is 0 Å². The molecule has 18 heavy (non-hydrogen) atoms. The summed E-state index contributed by atoms with van der Waals surface area (Å²) in [6, 6.07) is 12.2. The first-order valence-corrected chi connectivity index (χ1v) is 6.37. The molecule has 3 nitrogen and oxygen atoms in total. The Labute approximate surface area is 107 Å². The van der Waals surface area contributed by atoms with E-state index < -0.39 is 0 Å². The van der Waals surface area contributed by atoms with E-state index in [0.29, 0.717) is 0 Å². The minimum absolute atomic E-state index is 0.781. The SMILES string of the molecule is CCCc1cc2n(n1)CC=C(c1ccccc1)O2. The molecule has 1 aromatic carbocycles. The van der Waals surface area contributed by atoms with Crippen molar-refractivity contribution in [3.8, 4) is 5.88 Å². The van der Waals surface area contributed by atoms with Crippen molar-refractivity contribution in [2.75, 3.05) is 0 Å². The van der Waals surface area contributed by atoms with E-state index in [1.165, 1.54) is 0 Å². The van der Waals surface area contributed by atoms with Crippen molar-refractivity contribution < 1.29 is 4.74 Å². The van der Waals surface area contributed by atoms with Crippen molar-refractivity contribution in [1.82, 2.24) is 9.78 Å². The molecule has 0 fully saturated rings. The van der Waals surface area contributed by atoms with Crippen LogP contribution in [-0.4, -0.2) is 9.78 Å². The van der Waals surface area contributed by atoms with Gasteiger partial charge in [0.2, 0.25) is 5.88 Å². The smallest absolute Gasteiger partial charge is 0.218 e. The predicted molar refractivity (Wildman–Crippen MR) is 71.3 cm³/mol. The third-order valence-corrected chi connectivity index (χ3v) is 3.02. The van der Waals surface area contributed by atoms with Gasteiger partial charge in [0.15, 0.2) is 0 Å². The molecule has 0 amide bonds. The van der Waals surface area contributed by atoms with Crippen molar-refractivity contribution in [1.29, 1.82) is 0 Å². The fourth-order valence-electron chi connectivity index (χ4n) is 2.14. The molecular formula is C15H16N2O. The lowest BCUT2D eigenvalue weighted by Gasteiger charge is -2.16. The van der Waals surface area contributed by atoms with E-state index in [0.717, 1.165) is 42.3 Å². The lowest BCUT2D eigenvalue weighted by Crippen LogP contribution is -2.10. The van der Waals surface area contributed by atoms with Gasteiger partial charge in [-0.25, -0.2) is 4.68 Å². The Morgan fingerprint density at radius 2 is 2.11 bits per heavy atom. The molecule has 1 aliphatic heterocycles. The monoisotopic (exact) mass is 240 g/mol. The molecule has 0 atom stereocenters. The zero-order valence-corrected chi connectivity index (χ0v) is 10.5. The number of nitrogens with zero attached hydrogens (tertiary/aromatic N) is 2. The van der Waals surface area contributed by atoms with E-state index in [1.807, 2.05) is 28.9 Å². The molecule has 1 aliphatic rings. The number of hydrogen-bond acceptors (Lipinski definition) is 2. The second kappa shape index (κ2) is 4.69. The Hall–Kier alpha value is -2.03. The fourth-order valence-corrected chi connectivity index (χ4v) is 2.14. The number of rotatable bonds is 3. The van der Waals surface area contributed by atoms with E-state index in [1.54, 1.807) is 0 Å². The molecule has 3 heteroatoms. The van der Waals surface area contributed by atoms with E-state index in [9.17, 15) is 0 Å². The molecule has 0 unspecified atom stereocenters. The summed E-state index contributed by atoms with van der Waals surface area (Å²) in [4.78, 5) is 0. The van der Waals surface area contributed by atoms with Gasteiger partial charge in [-0.1, -0.05) is 43.7 Å². The molecule has 0 saturated carbocycles. The van der Waals surface area contributed by atoms with Crippen LogP contribution in [0.15, 0.2) is 42.5 Å². The maximum atomic E-state index is 5.91. The topological polar surface area (TPSA) is 27.1 Å². The summed E-state index contributed by atoms with van der Waals surface area (Å²) in [7, 11) is 0. The molecule has 3 rings (SSSR count). The number of hydrogen-bond donors (Lipinski definition) is 0. The summed E-state index contributed by atoms with van der Waals surface area (Å²) in [6.07, 6.45) is 4.19. The number of ether oxygens (including phenoxy) is 1. The summed E-state index contributed by atoms with van der Waals surface area (Å²) in [5.74, 6) is 1.77. The zero-order chi connectivity index (χ0) is 12.4. The van der Waals surface area contributed by atoms with Gasteiger partial charge in [0.1, 0.15) is 5.76 Å². The van der Waals surface area contributed by atoms with Crippen molar-refractivity contribution in [2.45, 2.75) is 26.3 Å². The standard InChI is InChI=1S/C15H16N2O/c1-2-6-13-11-15-17(16-13)10-9-14(18-15)12-7-4-3-5-8-12/h3-5,7-9,11H,2,6,10H2,1H3. The van der Waals surface area contributed by atoms with E-state index >= 15 is 0 Å². The highest BCUT2D eigenvalue weighted by molar-refractivity contribution is 5.62. The fraction of sp³-hybridized carbons (Fsp3) is 0.267. The normalized spacial score (nSPS) is 13.7. The van der Waals surface area contributed by atoms with Crippen LogP contribution in [-0.2, 0) is 13.0 Å². The summed E-state index contributed by atoms with van der Waals surface area (Å²) >= 11 is 0. The number of aryl methyl sites for hydroxylation is 1. The molecule has 92 valence electrons. The highest BCUT2D eigenvalue weighted by Crippen LogP contribution is 2.26. The maximum Gasteiger partial charge on any atom is 0.218 e. The molecule has 1 aromatic heterocycles. The zero-order valence-electron chi connectivity index (χ0n) is 10.5. The second-order valence-corrected chi connectivity index (χ2v) is 4.44. The van der Waals surface area contributed by atoms with Crippen LogP contribution in [0.2, 0.25) is 0 Å². The Bertz CT molecular complexity index is 569. The summed E-state index contributed by atoms with van der Waals surface area (Å²) < 4.78 is 7.82. The Morgan fingerprint density at radius 1 is 1.28 bits per heavy atom. The van der Waals surface area contributed by atoms with Crippen LogP contribution in [0.5, 0.6) is 5.88 Å². The van der Waals surface area contributed by atoms with Gasteiger partial charge < -0.3 is 4.74 Å². The van der Waals surface area contributed by atoms with E-state index in [2.05, 4.69) is 30.2 Å². The lowest BCUT2D eigenvalue weighted by atomic mass is 10.2. The van der Waals surface area contributed by atoms with Crippen LogP contribution in [0.1, 0.15) is 24.6 Å². The van der Waals surface area contributed by atoms with Gasteiger partial charge in [0, 0.05) is 11.6 Å². The highest BCUT2D eigenvalue weighted by Gasteiger charge is 2.15. The molecule has 0 aliphatic carbocycles. The number of benzene rings is 1. The molecule has 0 radical (unpaired) electrons. The van der Waals surface area contributed by atoms with E-state index in [-0.39, 0.29) is 0 Å². The van der Waals surface area contributed by atoms with Crippen LogP contribution in [0.25, 0.3) is 5.76 Å². The molecule has 2 aromatic rings. The molecular weight excluding hydrogens is 224 g/mol. The average Bonchev–Trinajstić information content (AvgIpc) is 2.81. The Balaban J connectivity index is 1.84. The van der Waals surface area contributed by atoms with Crippen LogP contribution in [0, 0.1) is 0 Å². The van der Waals surface area contributed by atoms with Gasteiger partial charge in [0.25, 0.3) is 0 Å². The van der Waals surface area contributed by atoms with Crippen LogP contribution >= 0.6 is 0 Å². The molecule has 0 saturated heterocycles. The second-order valence-electron chi connectivity index (χ2n) is 4.44. The summed E-state index contributed by atoms with van der Waals surface area (Å²) in [5, 5.41) is 4.52.